The molecule has 0 heterocycles. The molecule has 0 aliphatic carbocycles. The maximum Gasteiger partial charge on any atom is 0.269 e. The molecule has 0 fully saturated rings. The zero-order chi connectivity index (χ0) is 22.8. The van der Waals surface area contributed by atoms with Crippen LogP contribution in [-0.4, -0.2) is 39.2 Å². The van der Waals surface area contributed by atoms with Gasteiger partial charge in [-0.3, -0.25) is 20.4 Å². The molecule has 0 aliphatic heterocycles. The third-order valence-corrected chi connectivity index (χ3v) is 4.40. The molecule has 0 saturated heterocycles. The average molecular weight is 451 g/mol. The Hall–Kier alpha value is -3.13. The number of nitrogens with one attached hydrogen (secondary N) is 2. The molecule has 2 aromatic carbocycles. The molecule has 2 aromatic rings. The summed E-state index contributed by atoms with van der Waals surface area (Å²) in [4.78, 5) is 24.9. The number of carbonyl (C=O) groups excluding carboxylic acids is 2. The summed E-state index contributed by atoms with van der Waals surface area (Å²) in [6.45, 7) is 4.95. The summed E-state index contributed by atoms with van der Waals surface area (Å²) in [5.74, 6) is 0.567. The minimum Gasteiger partial charge on any atom is -0.493 e. The van der Waals surface area contributed by atoms with Gasteiger partial charge in [-0.2, -0.15) is 0 Å². The number of methoxy groups -OCH3 is 2. The second kappa shape index (κ2) is 11.9. The maximum absolute atomic E-state index is 12.5. The van der Waals surface area contributed by atoms with Crippen molar-refractivity contribution in [1.29, 1.82) is 0 Å². The van der Waals surface area contributed by atoms with Crippen molar-refractivity contribution in [3.8, 4) is 23.0 Å². The second-order valence-electron chi connectivity index (χ2n) is 6.46. The number of amides is 2. The standard InChI is InChI=1S/C22H27ClN2O6/c1-5-9-30-17-8-7-14(12-18(17)28-3)21(26)24-25-22(27)15-11-16(23)20(31-10-6-2)19(13-15)29-4/h7-8,11-13H,5-6,9-10H2,1-4H3,(H,24,26)(H,25,27). The number of ether oxygens (including phenoxy) is 4. The molecule has 0 unspecified atom stereocenters. The smallest absolute Gasteiger partial charge is 0.269 e. The van der Waals surface area contributed by atoms with Crippen LogP contribution >= 0.6 is 11.6 Å². The Kier molecular flexibility index (Phi) is 9.27. The number of rotatable bonds is 10. The number of benzene rings is 2. The molecular weight excluding hydrogens is 424 g/mol. The highest BCUT2D eigenvalue weighted by molar-refractivity contribution is 6.32. The summed E-state index contributed by atoms with van der Waals surface area (Å²) < 4.78 is 21.7. The van der Waals surface area contributed by atoms with E-state index in [2.05, 4.69) is 10.9 Å². The maximum atomic E-state index is 12.5. The van der Waals surface area contributed by atoms with E-state index in [9.17, 15) is 9.59 Å². The van der Waals surface area contributed by atoms with Crippen LogP contribution in [0.5, 0.6) is 23.0 Å². The molecular formula is C22H27ClN2O6. The number of hydrazine groups is 1. The van der Waals surface area contributed by atoms with E-state index in [4.69, 9.17) is 30.5 Å². The van der Waals surface area contributed by atoms with Crippen molar-refractivity contribution in [3.05, 3.63) is 46.5 Å². The monoisotopic (exact) mass is 450 g/mol. The minimum absolute atomic E-state index is 0.201. The summed E-state index contributed by atoms with van der Waals surface area (Å²) in [6, 6.07) is 7.69. The van der Waals surface area contributed by atoms with Crippen molar-refractivity contribution < 1.29 is 28.5 Å². The Morgan fingerprint density at radius 2 is 1.39 bits per heavy atom. The normalized spacial score (nSPS) is 10.2. The highest BCUT2D eigenvalue weighted by Gasteiger charge is 2.17. The van der Waals surface area contributed by atoms with E-state index in [1.807, 2.05) is 13.8 Å². The van der Waals surface area contributed by atoms with Crippen molar-refractivity contribution >= 4 is 23.4 Å². The van der Waals surface area contributed by atoms with Crippen LogP contribution in [0.1, 0.15) is 47.4 Å². The Balaban J connectivity index is 2.08. The van der Waals surface area contributed by atoms with Crippen molar-refractivity contribution in [2.45, 2.75) is 26.7 Å². The summed E-state index contributed by atoms with van der Waals surface area (Å²) in [7, 11) is 2.94. The Morgan fingerprint density at radius 1 is 0.806 bits per heavy atom. The Bertz CT molecular complexity index is 919. The summed E-state index contributed by atoms with van der Waals surface area (Å²) in [5, 5.41) is 0.233. The lowest BCUT2D eigenvalue weighted by Crippen LogP contribution is -2.41. The van der Waals surface area contributed by atoms with Gasteiger partial charge in [-0.25, -0.2) is 0 Å². The first-order valence-corrected chi connectivity index (χ1v) is 10.2. The van der Waals surface area contributed by atoms with Crippen LogP contribution in [0.3, 0.4) is 0 Å². The van der Waals surface area contributed by atoms with Gasteiger partial charge < -0.3 is 18.9 Å². The number of halogens is 1. The van der Waals surface area contributed by atoms with Gasteiger partial charge in [-0.1, -0.05) is 25.4 Å². The second-order valence-corrected chi connectivity index (χ2v) is 6.87. The first kappa shape index (κ1) is 24.1. The fourth-order valence-corrected chi connectivity index (χ4v) is 2.86. The predicted octanol–water partition coefficient (Wildman–Crippen LogP) is 4.01. The van der Waals surface area contributed by atoms with Crippen LogP contribution in [0.4, 0.5) is 0 Å². The third kappa shape index (κ3) is 6.42. The van der Waals surface area contributed by atoms with Crippen LogP contribution in [0, 0.1) is 0 Å². The molecule has 0 radical (unpaired) electrons. The van der Waals surface area contributed by atoms with E-state index in [0.717, 1.165) is 12.8 Å². The molecule has 0 aromatic heterocycles. The molecule has 8 nitrogen and oxygen atoms in total. The fourth-order valence-electron chi connectivity index (χ4n) is 2.59. The molecule has 0 atom stereocenters. The average Bonchev–Trinajstić information content (AvgIpc) is 2.79. The lowest BCUT2D eigenvalue weighted by Gasteiger charge is -2.14. The first-order valence-electron chi connectivity index (χ1n) is 9.86. The molecule has 0 aliphatic rings. The topological polar surface area (TPSA) is 95.1 Å². The fraction of sp³-hybridized carbons (Fsp3) is 0.364. The van der Waals surface area contributed by atoms with Crippen molar-refractivity contribution in [2.75, 3.05) is 27.4 Å². The first-order chi connectivity index (χ1) is 14.9. The minimum atomic E-state index is -0.564. The van der Waals surface area contributed by atoms with E-state index in [1.165, 1.54) is 32.4 Å². The molecule has 0 bridgehead atoms. The number of hydrogen-bond acceptors (Lipinski definition) is 6. The predicted molar refractivity (Wildman–Crippen MR) is 118 cm³/mol. The summed E-state index contributed by atoms with van der Waals surface area (Å²) in [6.07, 6.45) is 1.64. The number of hydrogen-bond donors (Lipinski definition) is 2. The third-order valence-electron chi connectivity index (χ3n) is 4.12. The summed E-state index contributed by atoms with van der Waals surface area (Å²) in [5.41, 5.74) is 5.22. The SMILES string of the molecule is CCCOc1ccc(C(=O)NNC(=O)c2cc(Cl)c(OCCC)c(OC)c2)cc1OC. The molecule has 0 saturated carbocycles. The van der Waals surface area contributed by atoms with E-state index >= 15 is 0 Å². The largest absolute Gasteiger partial charge is 0.493 e. The van der Waals surface area contributed by atoms with Crippen LogP contribution in [-0.2, 0) is 0 Å². The van der Waals surface area contributed by atoms with Crippen LogP contribution in [0.25, 0.3) is 0 Å². The quantitative estimate of drug-likeness (QED) is 0.531. The highest BCUT2D eigenvalue weighted by atomic mass is 35.5. The lowest BCUT2D eigenvalue weighted by molar-refractivity contribution is 0.0846. The van der Waals surface area contributed by atoms with E-state index < -0.39 is 11.8 Å². The molecule has 2 rings (SSSR count). The van der Waals surface area contributed by atoms with Crippen molar-refractivity contribution in [3.63, 3.8) is 0 Å². The molecule has 2 amide bonds. The highest BCUT2D eigenvalue weighted by Crippen LogP contribution is 2.36. The zero-order valence-corrected chi connectivity index (χ0v) is 18.8. The summed E-state index contributed by atoms with van der Waals surface area (Å²) >= 11 is 6.24. The van der Waals surface area contributed by atoms with Gasteiger partial charge >= 0.3 is 0 Å². The molecule has 31 heavy (non-hydrogen) atoms. The van der Waals surface area contributed by atoms with Gasteiger partial charge in [0.05, 0.1) is 32.5 Å². The van der Waals surface area contributed by atoms with Gasteiger partial charge in [0.15, 0.2) is 23.0 Å². The van der Waals surface area contributed by atoms with Gasteiger partial charge in [0.25, 0.3) is 11.8 Å². The molecule has 2 N–H and O–H groups in total. The van der Waals surface area contributed by atoms with Crippen molar-refractivity contribution in [2.24, 2.45) is 0 Å². The van der Waals surface area contributed by atoms with Gasteiger partial charge in [-0.15, -0.1) is 0 Å². The molecule has 0 spiro atoms. The van der Waals surface area contributed by atoms with E-state index in [1.54, 1.807) is 12.1 Å². The van der Waals surface area contributed by atoms with E-state index in [0.29, 0.717) is 41.8 Å². The van der Waals surface area contributed by atoms with Gasteiger partial charge in [0.1, 0.15) is 0 Å². The Labute approximate surface area is 186 Å². The van der Waals surface area contributed by atoms with Crippen LogP contribution in [0.15, 0.2) is 30.3 Å². The van der Waals surface area contributed by atoms with Crippen LogP contribution in [0.2, 0.25) is 5.02 Å². The zero-order valence-electron chi connectivity index (χ0n) is 18.0. The van der Waals surface area contributed by atoms with E-state index in [-0.39, 0.29) is 10.6 Å². The van der Waals surface area contributed by atoms with Gasteiger partial charge in [0.2, 0.25) is 0 Å². The van der Waals surface area contributed by atoms with Gasteiger partial charge in [0, 0.05) is 11.1 Å². The Morgan fingerprint density at radius 3 is 2.00 bits per heavy atom. The number of carbonyl (C=O) groups is 2. The van der Waals surface area contributed by atoms with Gasteiger partial charge in [-0.05, 0) is 43.2 Å². The van der Waals surface area contributed by atoms with Crippen LogP contribution < -0.4 is 29.8 Å². The molecule has 168 valence electrons. The molecule has 9 heteroatoms. The van der Waals surface area contributed by atoms with Crippen molar-refractivity contribution in [1.82, 2.24) is 10.9 Å². The lowest BCUT2D eigenvalue weighted by atomic mass is 10.2.